The van der Waals surface area contributed by atoms with Crippen molar-refractivity contribution in [2.24, 2.45) is 0 Å². The zero-order chi connectivity index (χ0) is 17.2. The summed E-state index contributed by atoms with van der Waals surface area (Å²) >= 11 is 0. The molecule has 0 saturated carbocycles. The van der Waals surface area contributed by atoms with Gasteiger partial charge in [0.15, 0.2) is 0 Å². The molecule has 1 aromatic heterocycles. The lowest BCUT2D eigenvalue weighted by Gasteiger charge is -2.42. The highest BCUT2D eigenvalue weighted by molar-refractivity contribution is 5.83. The third kappa shape index (κ3) is 4.17. The quantitative estimate of drug-likeness (QED) is 0.835. The van der Waals surface area contributed by atoms with E-state index in [0.717, 1.165) is 23.7 Å². The summed E-state index contributed by atoms with van der Waals surface area (Å²) in [7, 11) is 0. The number of fused-ring (bicyclic) bond motifs is 1. The highest BCUT2D eigenvalue weighted by Crippen LogP contribution is 2.21. The van der Waals surface area contributed by atoms with Crippen molar-refractivity contribution in [3.05, 3.63) is 35.8 Å². The Morgan fingerprint density at radius 1 is 1.08 bits per heavy atom. The van der Waals surface area contributed by atoms with Gasteiger partial charge in [-0.1, -0.05) is 0 Å². The lowest BCUT2D eigenvalue weighted by Crippen LogP contribution is -2.53. The summed E-state index contributed by atoms with van der Waals surface area (Å²) in [5.74, 6) is -0.153. The predicted molar refractivity (Wildman–Crippen MR) is 99.0 cm³/mol. The number of aryl methyl sites for hydroxylation is 1. The van der Waals surface area contributed by atoms with Gasteiger partial charge in [0.2, 0.25) is 0 Å². The Bertz CT molecular complexity index is 663. The standard InChI is InChI=1S/C20H30FN3/c1-20(2,3)24-12-10-23(11-13-24)9-5-4-6-16-15-22-19-8-7-17(21)14-18(16)19/h7-8,14-15,22H,4-6,9-13H2,1-3H3. The second kappa shape index (κ2) is 7.24. The molecule has 1 fully saturated rings. The van der Waals surface area contributed by atoms with Gasteiger partial charge in [-0.2, -0.15) is 0 Å². The molecule has 0 spiro atoms. The fraction of sp³-hybridized carbons (Fsp3) is 0.600. The first-order chi connectivity index (χ1) is 11.4. The number of aromatic amines is 1. The van der Waals surface area contributed by atoms with Gasteiger partial charge >= 0.3 is 0 Å². The van der Waals surface area contributed by atoms with Gasteiger partial charge in [0.1, 0.15) is 5.82 Å². The van der Waals surface area contributed by atoms with Crippen LogP contribution < -0.4 is 0 Å². The van der Waals surface area contributed by atoms with E-state index in [9.17, 15) is 4.39 Å². The van der Waals surface area contributed by atoms with Crippen molar-refractivity contribution < 1.29 is 4.39 Å². The summed E-state index contributed by atoms with van der Waals surface area (Å²) in [5, 5.41) is 1.04. The normalized spacial score (nSPS) is 17.7. The monoisotopic (exact) mass is 331 g/mol. The molecule has 132 valence electrons. The topological polar surface area (TPSA) is 22.3 Å². The van der Waals surface area contributed by atoms with Crippen LogP contribution in [-0.4, -0.2) is 53.0 Å². The number of nitrogens with one attached hydrogen (secondary N) is 1. The van der Waals surface area contributed by atoms with Gasteiger partial charge in [0.05, 0.1) is 0 Å². The van der Waals surface area contributed by atoms with Crippen molar-refractivity contribution in [2.75, 3.05) is 32.7 Å². The number of halogens is 1. The molecule has 1 aliphatic heterocycles. The molecular formula is C20H30FN3. The highest BCUT2D eigenvalue weighted by Gasteiger charge is 2.25. The minimum atomic E-state index is -0.153. The molecular weight excluding hydrogens is 301 g/mol. The molecule has 1 saturated heterocycles. The van der Waals surface area contributed by atoms with Crippen molar-refractivity contribution in [3.8, 4) is 0 Å². The van der Waals surface area contributed by atoms with E-state index in [0.29, 0.717) is 0 Å². The largest absolute Gasteiger partial charge is 0.361 e. The molecule has 0 radical (unpaired) electrons. The van der Waals surface area contributed by atoms with Gasteiger partial charge in [0.25, 0.3) is 0 Å². The summed E-state index contributed by atoms with van der Waals surface area (Å²) in [5.41, 5.74) is 2.56. The van der Waals surface area contributed by atoms with Gasteiger partial charge in [-0.25, -0.2) is 4.39 Å². The molecule has 3 nitrogen and oxygen atoms in total. The zero-order valence-corrected chi connectivity index (χ0v) is 15.2. The molecule has 0 unspecified atom stereocenters. The first-order valence-electron chi connectivity index (χ1n) is 9.16. The summed E-state index contributed by atoms with van der Waals surface area (Å²) in [6.45, 7) is 12.8. The number of unbranched alkanes of at least 4 members (excludes halogenated alkanes) is 1. The van der Waals surface area contributed by atoms with E-state index >= 15 is 0 Å². The van der Waals surface area contributed by atoms with Crippen LogP contribution in [0.3, 0.4) is 0 Å². The van der Waals surface area contributed by atoms with Crippen LogP contribution in [0.5, 0.6) is 0 Å². The van der Waals surface area contributed by atoms with E-state index in [-0.39, 0.29) is 11.4 Å². The van der Waals surface area contributed by atoms with E-state index in [1.54, 1.807) is 6.07 Å². The van der Waals surface area contributed by atoms with Gasteiger partial charge in [0, 0.05) is 48.8 Å². The number of hydrogen-bond donors (Lipinski definition) is 1. The molecule has 1 N–H and O–H groups in total. The summed E-state index contributed by atoms with van der Waals surface area (Å²) < 4.78 is 13.4. The van der Waals surface area contributed by atoms with E-state index < -0.39 is 0 Å². The fourth-order valence-electron chi connectivity index (χ4n) is 3.65. The van der Waals surface area contributed by atoms with Gasteiger partial charge in [-0.3, -0.25) is 4.90 Å². The molecule has 2 heterocycles. The third-order valence-electron chi connectivity index (χ3n) is 5.22. The lowest BCUT2D eigenvalue weighted by molar-refractivity contribution is 0.0617. The zero-order valence-electron chi connectivity index (χ0n) is 15.2. The Morgan fingerprint density at radius 2 is 1.83 bits per heavy atom. The van der Waals surface area contributed by atoms with Crippen molar-refractivity contribution >= 4 is 10.9 Å². The van der Waals surface area contributed by atoms with Crippen molar-refractivity contribution in [2.45, 2.75) is 45.6 Å². The molecule has 0 amide bonds. The highest BCUT2D eigenvalue weighted by atomic mass is 19.1. The van der Waals surface area contributed by atoms with Crippen LogP contribution >= 0.6 is 0 Å². The number of piperazine rings is 1. The average Bonchev–Trinajstić information content (AvgIpc) is 2.93. The van der Waals surface area contributed by atoms with Crippen molar-refractivity contribution in [3.63, 3.8) is 0 Å². The maximum absolute atomic E-state index is 13.4. The first kappa shape index (κ1) is 17.4. The Labute approximate surface area is 144 Å². The maximum Gasteiger partial charge on any atom is 0.123 e. The minimum absolute atomic E-state index is 0.153. The van der Waals surface area contributed by atoms with Crippen LogP contribution in [0.25, 0.3) is 10.9 Å². The van der Waals surface area contributed by atoms with E-state index in [1.807, 2.05) is 12.3 Å². The average molecular weight is 331 g/mol. The number of benzene rings is 1. The van der Waals surface area contributed by atoms with Gasteiger partial charge in [-0.05, 0) is 70.3 Å². The maximum atomic E-state index is 13.4. The van der Waals surface area contributed by atoms with Crippen LogP contribution in [-0.2, 0) is 6.42 Å². The second-order valence-electron chi connectivity index (χ2n) is 7.96. The Morgan fingerprint density at radius 3 is 2.54 bits per heavy atom. The smallest absolute Gasteiger partial charge is 0.123 e. The lowest BCUT2D eigenvalue weighted by atomic mass is 10.0. The molecule has 4 heteroatoms. The minimum Gasteiger partial charge on any atom is -0.361 e. The first-order valence-corrected chi connectivity index (χ1v) is 9.16. The summed E-state index contributed by atoms with van der Waals surface area (Å²) in [6.07, 6.45) is 5.41. The van der Waals surface area contributed by atoms with E-state index in [4.69, 9.17) is 0 Å². The van der Waals surface area contributed by atoms with Crippen LogP contribution in [0.2, 0.25) is 0 Å². The van der Waals surface area contributed by atoms with Crippen molar-refractivity contribution in [1.82, 2.24) is 14.8 Å². The van der Waals surface area contributed by atoms with Crippen LogP contribution in [0.15, 0.2) is 24.4 Å². The van der Waals surface area contributed by atoms with Crippen LogP contribution in [0.1, 0.15) is 39.2 Å². The van der Waals surface area contributed by atoms with Crippen molar-refractivity contribution in [1.29, 1.82) is 0 Å². The molecule has 1 aliphatic rings. The SMILES string of the molecule is CC(C)(C)N1CCN(CCCCc2c[nH]c3ccc(F)cc23)CC1. The predicted octanol–water partition coefficient (Wildman–Crippen LogP) is 4.05. The van der Waals surface area contributed by atoms with Crippen LogP contribution in [0, 0.1) is 5.82 Å². The Hall–Kier alpha value is -1.39. The molecule has 0 atom stereocenters. The third-order valence-corrected chi connectivity index (χ3v) is 5.22. The number of H-pyrrole nitrogens is 1. The van der Waals surface area contributed by atoms with Gasteiger partial charge in [-0.15, -0.1) is 0 Å². The molecule has 1 aromatic carbocycles. The van der Waals surface area contributed by atoms with Crippen LogP contribution in [0.4, 0.5) is 4.39 Å². The summed E-state index contributed by atoms with van der Waals surface area (Å²) in [6, 6.07) is 4.98. The molecule has 3 rings (SSSR count). The molecule has 0 aliphatic carbocycles. The van der Waals surface area contributed by atoms with E-state index in [1.165, 1.54) is 50.8 Å². The molecule has 24 heavy (non-hydrogen) atoms. The number of nitrogens with zero attached hydrogens (tertiary/aromatic N) is 2. The second-order valence-corrected chi connectivity index (χ2v) is 7.96. The Balaban J connectivity index is 1.42. The molecule has 2 aromatic rings. The molecule has 0 bridgehead atoms. The number of aromatic nitrogens is 1. The van der Waals surface area contributed by atoms with Gasteiger partial charge < -0.3 is 9.88 Å². The number of hydrogen-bond acceptors (Lipinski definition) is 2. The Kier molecular flexibility index (Phi) is 5.26. The summed E-state index contributed by atoms with van der Waals surface area (Å²) in [4.78, 5) is 8.40. The fourth-order valence-corrected chi connectivity index (χ4v) is 3.65. The van der Waals surface area contributed by atoms with E-state index in [2.05, 4.69) is 35.6 Å². The number of rotatable bonds is 5.